The fourth-order valence-corrected chi connectivity index (χ4v) is 11.3. The fourth-order valence-electron chi connectivity index (χ4n) is 1.79. The average Bonchev–Trinajstić information content (AvgIpc) is 2.67. The molecule has 1 saturated carbocycles. The van der Waals surface area contributed by atoms with Gasteiger partial charge in [0.2, 0.25) is 0 Å². The van der Waals surface area contributed by atoms with E-state index in [4.69, 9.17) is 13.0 Å². The number of carbonyl (C=O) groups is 2. The van der Waals surface area contributed by atoms with E-state index in [9.17, 15) is 9.59 Å². The molecule has 1 aliphatic rings. The summed E-state index contributed by atoms with van der Waals surface area (Å²) in [7, 11) is 7.22. The second-order valence-electron chi connectivity index (χ2n) is 3.54. The Bertz CT molecular complexity index is 270. The molecule has 3 atom stereocenters. The van der Waals surface area contributed by atoms with Crippen LogP contribution in [0.15, 0.2) is 0 Å². The van der Waals surface area contributed by atoms with Crippen LogP contribution in [0, 0.1) is 5.92 Å². The first-order valence-corrected chi connectivity index (χ1v) is 14.2. The average molecular weight is 407 g/mol. The molecule has 6 heteroatoms. The molecule has 0 unspecified atom stereocenters. The van der Waals surface area contributed by atoms with Crippen molar-refractivity contribution >= 4 is 20.2 Å². The predicted molar refractivity (Wildman–Crippen MR) is 45.3 cm³/mol. The summed E-state index contributed by atoms with van der Waals surface area (Å²) in [5, 5.41) is 0. The Labute approximate surface area is 98.1 Å². The summed E-state index contributed by atoms with van der Waals surface area (Å²) in [5.74, 6) is -1.02. The van der Waals surface area contributed by atoms with E-state index in [0.29, 0.717) is 0 Å². The second kappa shape index (κ2) is 4.35. The normalized spacial score (nSPS) is 34.3. The summed E-state index contributed by atoms with van der Waals surface area (Å²) < 4.78 is 9.83. The Balaban J connectivity index is 2.71. The molecule has 0 bridgehead atoms. The van der Waals surface area contributed by atoms with Crippen LogP contribution in [0.5, 0.6) is 0 Å². The van der Waals surface area contributed by atoms with Crippen LogP contribution in [0.3, 0.4) is 0 Å². The van der Waals surface area contributed by atoms with E-state index in [-0.39, 0.29) is 21.3 Å². The van der Waals surface area contributed by atoms with Gasteiger partial charge in [-0.1, -0.05) is 0 Å². The summed E-state index contributed by atoms with van der Waals surface area (Å²) in [6.07, 6.45) is 0. The van der Waals surface area contributed by atoms with Gasteiger partial charge in [0.25, 0.3) is 0 Å². The molecule has 0 N–H and O–H groups in total. The molecule has 0 aromatic carbocycles. The summed E-state index contributed by atoms with van der Waals surface area (Å²) >= 11 is -1.60. The van der Waals surface area contributed by atoms with Crippen molar-refractivity contribution in [3.8, 4) is 0 Å². The number of rotatable bonds is 3. The summed E-state index contributed by atoms with van der Waals surface area (Å²) in [6.45, 7) is 3.09. The molecule has 76 valence electrons. The molecule has 1 aliphatic carbocycles. The predicted octanol–water partition coefficient (Wildman–Crippen LogP) is 1.14. The molecular formula is C8H11ClHgO4. The summed E-state index contributed by atoms with van der Waals surface area (Å²) in [4.78, 5) is 22.1. The number of hydrogen-bond acceptors (Lipinski definition) is 4. The van der Waals surface area contributed by atoms with E-state index in [1.54, 1.807) is 6.92 Å². The number of halogens is 1. The third-order valence-corrected chi connectivity index (χ3v) is 11.8. The third kappa shape index (κ3) is 2.06. The van der Waals surface area contributed by atoms with Crippen LogP contribution in [0.25, 0.3) is 0 Å². The Morgan fingerprint density at radius 2 is 2.07 bits per heavy atom. The number of hydrogen-bond donors (Lipinski definition) is 0. The van der Waals surface area contributed by atoms with E-state index in [2.05, 4.69) is 4.74 Å². The Hall–Kier alpha value is 0.165. The zero-order valence-corrected chi connectivity index (χ0v) is 14.6. The van der Waals surface area contributed by atoms with Crippen molar-refractivity contribution in [1.29, 1.82) is 0 Å². The van der Waals surface area contributed by atoms with Gasteiger partial charge < -0.3 is 0 Å². The van der Waals surface area contributed by atoms with Gasteiger partial charge in [-0.05, 0) is 0 Å². The van der Waals surface area contributed by atoms with Gasteiger partial charge in [-0.15, -0.1) is 0 Å². The van der Waals surface area contributed by atoms with Gasteiger partial charge >= 0.3 is 98.5 Å². The molecule has 0 saturated heterocycles. The summed E-state index contributed by atoms with van der Waals surface area (Å²) in [5.41, 5.74) is -0.678. The van der Waals surface area contributed by atoms with Crippen molar-refractivity contribution in [3.05, 3.63) is 0 Å². The van der Waals surface area contributed by atoms with Gasteiger partial charge in [0.05, 0.1) is 0 Å². The number of carbonyl (C=O) groups excluding carboxylic acids is 2. The molecule has 4 nitrogen and oxygen atoms in total. The maximum atomic E-state index is 11.3. The Morgan fingerprint density at radius 1 is 1.50 bits per heavy atom. The molecule has 0 spiro atoms. The van der Waals surface area contributed by atoms with E-state index in [1.165, 1.54) is 14.0 Å². The zero-order valence-electron chi connectivity index (χ0n) is 8.37. The maximum absolute atomic E-state index is 11.3. The molecule has 1 fully saturated rings. The molecule has 0 aromatic rings. The first-order valence-electron chi connectivity index (χ1n) is 4.30. The van der Waals surface area contributed by atoms with Gasteiger partial charge in [0, 0.05) is 0 Å². The van der Waals surface area contributed by atoms with Crippen molar-refractivity contribution in [2.45, 2.75) is 22.9 Å². The molecule has 0 heterocycles. The van der Waals surface area contributed by atoms with Crippen molar-refractivity contribution in [1.82, 2.24) is 0 Å². The van der Waals surface area contributed by atoms with Crippen LogP contribution in [-0.2, 0) is 42.4 Å². The molecular weight excluding hydrogens is 396 g/mol. The Morgan fingerprint density at radius 3 is 2.43 bits per heavy atom. The van der Waals surface area contributed by atoms with Crippen molar-refractivity contribution in [3.63, 3.8) is 0 Å². The van der Waals surface area contributed by atoms with Crippen LogP contribution < -0.4 is 0 Å². The second-order valence-corrected chi connectivity index (χ2v) is 10.9. The molecule has 1 rings (SSSR count). The van der Waals surface area contributed by atoms with Crippen LogP contribution in [0.2, 0.25) is 3.43 Å². The SMILES string of the molecule is COC(=O)[C@H]1[C@@H]([Hg][Cl])[C@]1(C)OC(C)=O. The third-order valence-electron chi connectivity index (χ3n) is 2.63. The topological polar surface area (TPSA) is 52.6 Å². The monoisotopic (exact) mass is 408 g/mol. The van der Waals surface area contributed by atoms with Crippen LogP contribution in [0.4, 0.5) is 0 Å². The van der Waals surface area contributed by atoms with E-state index >= 15 is 0 Å². The summed E-state index contributed by atoms with van der Waals surface area (Å²) in [6, 6.07) is 0. The van der Waals surface area contributed by atoms with E-state index in [1.807, 2.05) is 0 Å². The van der Waals surface area contributed by atoms with Gasteiger partial charge in [-0.25, -0.2) is 0 Å². The number of esters is 2. The molecule has 0 amide bonds. The van der Waals surface area contributed by atoms with E-state index in [0.717, 1.165) is 0 Å². The van der Waals surface area contributed by atoms with Crippen molar-refractivity contribution in [2.75, 3.05) is 7.11 Å². The van der Waals surface area contributed by atoms with Crippen LogP contribution in [-0.4, -0.2) is 24.6 Å². The van der Waals surface area contributed by atoms with E-state index < -0.39 is 28.9 Å². The van der Waals surface area contributed by atoms with Crippen LogP contribution in [0.1, 0.15) is 13.8 Å². The fraction of sp³-hybridized carbons (Fsp3) is 0.750. The molecule has 14 heavy (non-hydrogen) atoms. The minimum absolute atomic E-state index is 0.0838. The van der Waals surface area contributed by atoms with Crippen LogP contribution >= 0.6 is 8.25 Å². The van der Waals surface area contributed by atoms with Gasteiger partial charge in [-0.3, -0.25) is 0 Å². The van der Waals surface area contributed by atoms with Gasteiger partial charge in [0.1, 0.15) is 0 Å². The van der Waals surface area contributed by atoms with Crippen molar-refractivity contribution in [2.24, 2.45) is 5.92 Å². The molecule has 0 aromatic heterocycles. The quantitative estimate of drug-likeness (QED) is 0.520. The molecule has 0 aliphatic heterocycles. The Kier molecular flexibility index (Phi) is 3.80. The van der Waals surface area contributed by atoms with Gasteiger partial charge in [-0.2, -0.15) is 0 Å². The first kappa shape index (κ1) is 12.2. The number of ether oxygens (including phenoxy) is 2. The minimum atomic E-state index is -1.60. The molecule has 0 radical (unpaired) electrons. The standard InChI is InChI=1S/C8H11O4.ClH.Hg/c1-5(9)12-8(2)4-6(8)7(10)11-3;;/h4,6H,1-3H3;1H;/q;;+1/p-1/t6-,8+;;/m1../s1. The van der Waals surface area contributed by atoms with Crippen molar-refractivity contribution < 1.29 is 42.4 Å². The van der Waals surface area contributed by atoms with Gasteiger partial charge in [0.15, 0.2) is 0 Å². The number of methoxy groups -OCH3 is 1. The first-order chi connectivity index (χ1) is 6.47. The zero-order chi connectivity index (χ0) is 10.9.